The lowest BCUT2D eigenvalue weighted by atomic mass is 10.1. The molecule has 0 saturated heterocycles. The van der Waals surface area contributed by atoms with Crippen molar-refractivity contribution < 1.29 is 4.79 Å². The molecule has 0 unspecified atom stereocenters. The molecule has 98 valence electrons. The summed E-state index contributed by atoms with van der Waals surface area (Å²) in [6.07, 6.45) is 0. The Hall–Kier alpha value is -1.55. The van der Waals surface area contributed by atoms with Gasteiger partial charge < -0.3 is 11.1 Å². The van der Waals surface area contributed by atoms with E-state index in [2.05, 4.69) is 5.32 Å². The monoisotopic (exact) mass is 294 g/mol. The van der Waals surface area contributed by atoms with Crippen LogP contribution in [-0.4, -0.2) is 5.91 Å². The van der Waals surface area contributed by atoms with Crippen molar-refractivity contribution in [3.63, 3.8) is 0 Å². The molecule has 2 aromatic carbocycles. The predicted molar refractivity (Wildman–Crippen MR) is 78.7 cm³/mol. The third-order valence-corrected chi connectivity index (χ3v) is 3.19. The van der Waals surface area contributed by atoms with Crippen molar-refractivity contribution in [2.75, 3.05) is 5.32 Å². The van der Waals surface area contributed by atoms with Gasteiger partial charge in [-0.25, -0.2) is 0 Å². The number of carbonyl (C=O) groups is 1. The number of carbonyl (C=O) groups excluding carboxylic acids is 1. The molecular formula is C14H12Cl2N2O. The molecule has 0 aliphatic carbocycles. The highest BCUT2D eigenvalue weighted by Crippen LogP contribution is 2.25. The van der Waals surface area contributed by atoms with Crippen LogP contribution in [0.3, 0.4) is 0 Å². The van der Waals surface area contributed by atoms with Crippen LogP contribution in [0.1, 0.15) is 15.9 Å². The first-order chi connectivity index (χ1) is 9.10. The van der Waals surface area contributed by atoms with Crippen molar-refractivity contribution in [3.8, 4) is 0 Å². The fourth-order valence-electron chi connectivity index (χ4n) is 1.58. The number of halogens is 2. The number of nitrogens with two attached hydrogens (primary N) is 1. The molecule has 0 heterocycles. The van der Waals surface area contributed by atoms with Crippen LogP contribution in [0.2, 0.25) is 10.0 Å². The van der Waals surface area contributed by atoms with Gasteiger partial charge in [0.05, 0.1) is 10.7 Å². The van der Waals surface area contributed by atoms with Crippen molar-refractivity contribution in [3.05, 3.63) is 63.6 Å². The Morgan fingerprint density at radius 3 is 2.42 bits per heavy atom. The third-order valence-electron chi connectivity index (χ3n) is 2.63. The molecule has 0 spiro atoms. The summed E-state index contributed by atoms with van der Waals surface area (Å²) in [6, 6.07) is 12.0. The summed E-state index contributed by atoms with van der Waals surface area (Å²) < 4.78 is 0. The normalized spacial score (nSPS) is 10.3. The fraction of sp³-hybridized carbons (Fsp3) is 0.0714. The molecule has 0 saturated carbocycles. The summed E-state index contributed by atoms with van der Waals surface area (Å²) in [7, 11) is 0. The van der Waals surface area contributed by atoms with E-state index in [1.165, 1.54) is 0 Å². The first-order valence-corrected chi connectivity index (χ1v) is 6.41. The van der Waals surface area contributed by atoms with E-state index in [9.17, 15) is 4.79 Å². The van der Waals surface area contributed by atoms with Crippen LogP contribution < -0.4 is 11.1 Å². The SMILES string of the molecule is NCc1ccc(C(=O)Nc2cc(Cl)ccc2Cl)cc1. The van der Waals surface area contributed by atoms with E-state index >= 15 is 0 Å². The van der Waals surface area contributed by atoms with E-state index in [1.54, 1.807) is 30.3 Å². The first-order valence-electron chi connectivity index (χ1n) is 5.65. The van der Waals surface area contributed by atoms with Gasteiger partial charge in [-0.05, 0) is 35.9 Å². The summed E-state index contributed by atoms with van der Waals surface area (Å²) in [6.45, 7) is 0.446. The lowest BCUT2D eigenvalue weighted by molar-refractivity contribution is 0.102. The molecule has 0 bridgehead atoms. The second kappa shape index (κ2) is 6.06. The average Bonchev–Trinajstić information content (AvgIpc) is 2.43. The molecule has 0 aliphatic heterocycles. The lowest BCUT2D eigenvalue weighted by Gasteiger charge is -2.08. The van der Waals surface area contributed by atoms with E-state index in [-0.39, 0.29) is 5.91 Å². The number of nitrogens with one attached hydrogen (secondary N) is 1. The van der Waals surface area contributed by atoms with Gasteiger partial charge in [-0.1, -0.05) is 35.3 Å². The van der Waals surface area contributed by atoms with Gasteiger partial charge in [0.2, 0.25) is 0 Å². The first kappa shape index (κ1) is 13.9. The molecule has 2 rings (SSSR count). The minimum absolute atomic E-state index is 0.243. The van der Waals surface area contributed by atoms with Crippen molar-refractivity contribution in [1.29, 1.82) is 0 Å². The van der Waals surface area contributed by atoms with Gasteiger partial charge in [-0.2, -0.15) is 0 Å². The zero-order chi connectivity index (χ0) is 13.8. The molecule has 0 aliphatic rings. The summed E-state index contributed by atoms with van der Waals surface area (Å²) in [4.78, 5) is 12.0. The number of rotatable bonds is 3. The Balaban J connectivity index is 2.18. The predicted octanol–water partition coefficient (Wildman–Crippen LogP) is 3.70. The Kier molecular flexibility index (Phi) is 4.43. The highest BCUT2D eigenvalue weighted by Gasteiger charge is 2.08. The maximum atomic E-state index is 12.0. The van der Waals surface area contributed by atoms with Gasteiger partial charge in [0.25, 0.3) is 5.91 Å². The number of hydrogen-bond acceptors (Lipinski definition) is 2. The minimum atomic E-state index is -0.243. The second-order valence-corrected chi connectivity index (χ2v) is 4.82. The van der Waals surface area contributed by atoms with Crippen LogP contribution in [0, 0.1) is 0 Å². The molecule has 5 heteroatoms. The molecular weight excluding hydrogens is 283 g/mol. The van der Waals surface area contributed by atoms with E-state index in [0.29, 0.717) is 27.8 Å². The molecule has 0 fully saturated rings. The number of benzene rings is 2. The van der Waals surface area contributed by atoms with Gasteiger partial charge in [0.15, 0.2) is 0 Å². The zero-order valence-electron chi connectivity index (χ0n) is 9.99. The number of anilines is 1. The lowest BCUT2D eigenvalue weighted by Crippen LogP contribution is -2.12. The standard InChI is InChI=1S/C14H12Cl2N2O/c15-11-5-6-12(16)13(7-11)18-14(19)10-3-1-9(8-17)2-4-10/h1-7H,8,17H2,(H,18,19). The molecule has 3 nitrogen and oxygen atoms in total. The van der Waals surface area contributed by atoms with Crippen LogP contribution in [-0.2, 0) is 6.54 Å². The van der Waals surface area contributed by atoms with E-state index in [1.807, 2.05) is 12.1 Å². The average molecular weight is 295 g/mol. The quantitative estimate of drug-likeness (QED) is 0.907. The molecule has 0 radical (unpaired) electrons. The summed E-state index contributed by atoms with van der Waals surface area (Å²) in [5, 5.41) is 3.67. The van der Waals surface area contributed by atoms with Gasteiger partial charge >= 0.3 is 0 Å². The highest BCUT2D eigenvalue weighted by molar-refractivity contribution is 6.35. The second-order valence-electron chi connectivity index (χ2n) is 3.98. The summed E-state index contributed by atoms with van der Waals surface area (Å²) >= 11 is 11.8. The molecule has 2 aromatic rings. The zero-order valence-corrected chi connectivity index (χ0v) is 11.5. The molecule has 19 heavy (non-hydrogen) atoms. The highest BCUT2D eigenvalue weighted by atomic mass is 35.5. The van der Waals surface area contributed by atoms with E-state index < -0.39 is 0 Å². The maximum absolute atomic E-state index is 12.0. The third kappa shape index (κ3) is 3.47. The van der Waals surface area contributed by atoms with Crippen LogP contribution in [0.5, 0.6) is 0 Å². The van der Waals surface area contributed by atoms with E-state index in [4.69, 9.17) is 28.9 Å². The minimum Gasteiger partial charge on any atom is -0.326 e. The largest absolute Gasteiger partial charge is 0.326 e. The molecule has 1 amide bonds. The van der Waals surface area contributed by atoms with Crippen LogP contribution >= 0.6 is 23.2 Å². The van der Waals surface area contributed by atoms with Crippen LogP contribution in [0.15, 0.2) is 42.5 Å². The Bertz CT molecular complexity index is 597. The van der Waals surface area contributed by atoms with Crippen molar-refractivity contribution >= 4 is 34.8 Å². The molecule has 3 N–H and O–H groups in total. The Morgan fingerprint density at radius 1 is 1.11 bits per heavy atom. The van der Waals surface area contributed by atoms with Gasteiger partial charge in [-0.3, -0.25) is 4.79 Å². The Morgan fingerprint density at radius 2 is 1.79 bits per heavy atom. The Labute approximate surface area is 121 Å². The summed E-state index contributed by atoms with van der Waals surface area (Å²) in [5.41, 5.74) is 7.50. The number of hydrogen-bond donors (Lipinski definition) is 2. The van der Waals surface area contributed by atoms with Gasteiger partial charge in [0, 0.05) is 17.1 Å². The smallest absolute Gasteiger partial charge is 0.255 e. The van der Waals surface area contributed by atoms with Gasteiger partial charge in [0.1, 0.15) is 0 Å². The van der Waals surface area contributed by atoms with E-state index in [0.717, 1.165) is 5.56 Å². The molecule has 0 atom stereocenters. The van der Waals surface area contributed by atoms with Crippen molar-refractivity contribution in [2.45, 2.75) is 6.54 Å². The number of amides is 1. The van der Waals surface area contributed by atoms with Crippen LogP contribution in [0.4, 0.5) is 5.69 Å². The fourth-order valence-corrected chi connectivity index (χ4v) is 1.92. The topological polar surface area (TPSA) is 55.1 Å². The maximum Gasteiger partial charge on any atom is 0.255 e. The van der Waals surface area contributed by atoms with Gasteiger partial charge in [-0.15, -0.1) is 0 Å². The summed E-state index contributed by atoms with van der Waals surface area (Å²) in [5.74, 6) is -0.243. The molecule has 0 aromatic heterocycles. The van der Waals surface area contributed by atoms with Crippen molar-refractivity contribution in [1.82, 2.24) is 0 Å². The van der Waals surface area contributed by atoms with Crippen LogP contribution in [0.25, 0.3) is 0 Å². The van der Waals surface area contributed by atoms with Crippen molar-refractivity contribution in [2.24, 2.45) is 5.73 Å².